The van der Waals surface area contributed by atoms with Crippen LogP contribution in [0, 0.1) is 0 Å². The monoisotopic (exact) mass is 343 g/mol. The van der Waals surface area contributed by atoms with Crippen LogP contribution in [0.4, 0.5) is 4.79 Å². The average molecular weight is 343 g/mol. The van der Waals surface area contributed by atoms with E-state index in [0.29, 0.717) is 0 Å². The molecule has 5 nitrogen and oxygen atoms in total. The topological polar surface area (TPSA) is 64.6 Å². The van der Waals surface area contributed by atoms with Gasteiger partial charge in [0.05, 0.1) is 6.04 Å². The Morgan fingerprint density at radius 2 is 2.00 bits per heavy atom. The first-order valence-corrected chi connectivity index (χ1v) is 8.61. The van der Waals surface area contributed by atoms with Gasteiger partial charge in [0.1, 0.15) is 13.2 Å². The standard InChI is InChI=1S/C20H25NO4/c1-16(22)24-15-19(13-12-17-8-4-2-5-9-17)21-20(23)25-14-18-10-6-3-7-11-18/h3,6-8,10-13,19H,2,4-5,9,14-15H2,1H3,(H,21,23)/b13-12+/t19-/m0/s1. The van der Waals surface area contributed by atoms with Crippen molar-refractivity contribution in [3.05, 3.63) is 59.7 Å². The van der Waals surface area contributed by atoms with E-state index in [1.807, 2.05) is 42.5 Å². The molecule has 1 atom stereocenters. The smallest absolute Gasteiger partial charge is 0.408 e. The third-order valence-corrected chi connectivity index (χ3v) is 3.85. The normalized spacial score (nSPS) is 15.3. The summed E-state index contributed by atoms with van der Waals surface area (Å²) < 4.78 is 10.2. The molecule has 0 bridgehead atoms. The molecule has 1 N–H and O–H groups in total. The first kappa shape index (κ1) is 18.8. The Balaban J connectivity index is 1.87. The average Bonchev–Trinajstić information content (AvgIpc) is 2.64. The number of amides is 1. The van der Waals surface area contributed by atoms with Crippen LogP contribution in [0.1, 0.15) is 38.2 Å². The minimum absolute atomic E-state index is 0.0829. The number of nitrogens with one attached hydrogen (secondary N) is 1. The fourth-order valence-electron chi connectivity index (χ4n) is 2.52. The lowest BCUT2D eigenvalue weighted by Crippen LogP contribution is -2.37. The third-order valence-electron chi connectivity index (χ3n) is 3.85. The lowest BCUT2D eigenvalue weighted by molar-refractivity contribution is -0.141. The molecule has 0 heterocycles. The Morgan fingerprint density at radius 1 is 1.20 bits per heavy atom. The Hall–Kier alpha value is -2.56. The minimum atomic E-state index is -0.539. The van der Waals surface area contributed by atoms with E-state index in [1.54, 1.807) is 0 Å². The van der Waals surface area contributed by atoms with Crippen LogP contribution in [-0.2, 0) is 20.9 Å². The molecule has 0 saturated carbocycles. The molecule has 134 valence electrons. The van der Waals surface area contributed by atoms with Crippen molar-refractivity contribution in [2.75, 3.05) is 6.61 Å². The summed E-state index contributed by atoms with van der Waals surface area (Å²) in [7, 11) is 0. The van der Waals surface area contributed by atoms with Gasteiger partial charge < -0.3 is 14.8 Å². The number of benzene rings is 1. The van der Waals surface area contributed by atoms with Crippen LogP contribution in [0.3, 0.4) is 0 Å². The van der Waals surface area contributed by atoms with E-state index >= 15 is 0 Å². The van der Waals surface area contributed by atoms with E-state index in [2.05, 4.69) is 11.4 Å². The van der Waals surface area contributed by atoms with Gasteiger partial charge in [-0.25, -0.2) is 4.79 Å². The summed E-state index contributed by atoms with van der Waals surface area (Å²) in [4.78, 5) is 23.0. The third kappa shape index (κ3) is 7.70. The van der Waals surface area contributed by atoms with Crippen molar-refractivity contribution in [2.24, 2.45) is 0 Å². The zero-order valence-electron chi connectivity index (χ0n) is 14.6. The second kappa shape index (κ2) is 10.3. The van der Waals surface area contributed by atoms with Gasteiger partial charge in [-0.05, 0) is 31.2 Å². The van der Waals surface area contributed by atoms with Gasteiger partial charge in [-0.3, -0.25) is 4.79 Å². The number of esters is 1. The maximum Gasteiger partial charge on any atom is 0.408 e. The predicted octanol–water partition coefficient (Wildman–Crippen LogP) is 3.90. The van der Waals surface area contributed by atoms with Crippen LogP contribution < -0.4 is 5.32 Å². The number of carbonyl (C=O) groups is 2. The molecule has 1 aliphatic rings. The summed E-state index contributed by atoms with van der Waals surface area (Å²) in [5.41, 5.74) is 2.16. The van der Waals surface area contributed by atoms with Crippen molar-refractivity contribution >= 4 is 12.1 Å². The van der Waals surface area contributed by atoms with Crippen molar-refractivity contribution in [1.82, 2.24) is 5.32 Å². The van der Waals surface area contributed by atoms with Gasteiger partial charge in [-0.2, -0.15) is 0 Å². The van der Waals surface area contributed by atoms with E-state index in [0.717, 1.165) is 18.4 Å². The van der Waals surface area contributed by atoms with Crippen LogP contribution in [0.2, 0.25) is 0 Å². The molecule has 0 saturated heterocycles. The molecule has 0 spiro atoms. The van der Waals surface area contributed by atoms with E-state index in [1.165, 1.54) is 25.3 Å². The highest BCUT2D eigenvalue weighted by atomic mass is 16.6. The lowest BCUT2D eigenvalue weighted by Gasteiger charge is -2.16. The highest BCUT2D eigenvalue weighted by molar-refractivity contribution is 5.68. The minimum Gasteiger partial charge on any atom is -0.463 e. The maximum absolute atomic E-state index is 12.0. The summed E-state index contributed by atoms with van der Waals surface area (Å²) in [6.07, 6.45) is 10.0. The SMILES string of the molecule is CC(=O)OC[C@H](/C=C/C1=CCCCC1)NC(=O)OCc1ccccc1. The second-order valence-electron chi connectivity index (χ2n) is 6.00. The molecule has 2 rings (SSSR count). The Morgan fingerprint density at radius 3 is 2.68 bits per heavy atom. The summed E-state index contributed by atoms with van der Waals surface area (Å²) >= 11 is 0. The maximum atomic E-state index is 12.0. The lowest BCUT2D eigenvalue weighted by atomic mass is 9.99. The first-order valence-electron chi connectivity index (χ1n) is 8.61. The van der Waals surface area contributed by atoms with Crippen LogP contribution in [-0.4, -0.2) is 24.7 Å². The van der Waals surface area contributed by atoms with E-state index in [4.69, 9.17) is 9.47 Å². The number of ether oxygens (including phenoxy) is 2. The number of rotatable bonds is 7. The van der Waals surface area contributed by atoms with Crippen LogP contribution in [0.25, 0.3) is 0 Å². The molecule has 1 amide bonds. The molecular formula is C20H25NO4. The van der Waals surface area contributed by atoms with Gasteiger partial charge in [-0.15, -0.1) is 0 Å². The molecule has 0 radical (unpaired) electrons. The number of alkyl carbamates (subject to hydrolysis) is 1. The number of hydrogen-bond acceptors (Lipinski definition) is 4. The van der Waals surface area contributed by atoms with Gasteiger partial charge in [0.15, 0.2) is 0 Å². The molecule has 0 fully saturated rings. The molecule has 0 unspecified atom stereocenters. The van der Waals surface area contributed by atoms with Gasteiger partial charge in [-0.1, -0.05) is 54.1 Å². The number of allylic oxidation sites excluding steroid dienone is 3. The second-order valence-corrected chi connectivity index (χ2v) is 6.00. The Bertz CT molecular complexity index is 622. The van der Waals surface area contributed by atoms with E-state index in [-0.39, 0.29) is 19.2 Å². The predicted molar refractivity (Wildman–Crippen MR) is 95.9 cm³/mol. The van der Waals surface area contributed by atoms with Crippen LogP contribution >= 0.6 is 0 Å². The van der Waals surface area contributed by atoms with Gasteiger partial charge in [0.2, 0.25) is 0 Å². The van der Waals surface area contributed by atoms with E-state index in [9.17, 15) is 9.59 Å². The van der Waals surface area contributed by atoms with Crippen LogP contribution in [0.15, 0.2) is 54.1 Å². The molecule has 0 aromatic heterocycles. The number of hydrogen-bond donors (Lipinski definition) is 1. The molecule has 0 aliphatic heterocycles. The number of carbonyl (C=O) groups excluding carboxylic acids is 2. The molecule has 25 heavy (non-hydrogen) atoms. The van der Waals surface area contributed by atoms with Crippen molar-refractivity contribution in [3.8, 4) is 0 Å². The van der Waals surface area contributed by atoms with Gasteiger partial charge >= 0.3 is 12.1 Å². The summed E-state index contributed by atoms with van der Waals surface area (Å²) in [5, 5.41) is 2.73. The van der Waals surface area contributed by atoms with Crippen molar-refractivity contribution < 1.29 is 19.1 Å². The Kier molecular flexibility index (Phi) is 7.76. The molecular weight excluding hydrogens is 318 g/mol. The molecule has 5 heteroatoms. The fourth-order valence-corrected chi connectivity index (χ4v) is 2.52. The highest BCUT2D eigenvalue weighted by Crippen LogP contribution is 2.18. The molecule has 1 aliphatic carbocycles. The van der Waals surface area contributed by atoms with E-state index < -0.39 is 12.1 Å². The fraction of sp³-hybridized carbons (Fsp3) is 0.400. The zero-order chi connectivity index (χ0) is 17.9. The highest BCUT2D eigenvalue weighted by Gasteiger charge is 2.12. The first-order chi connectivity index (χ1) is 12.1. The zero-order valence-corrected chi connectivity index (χ0v) is 14.6. The summed E-state index contributed by atoms with van der Waals surface area (Å²) in [6, 6.07) is 9.04. The molecule has 1 aromatic carbocycles. The summed E-state index contributed by atoms with van der Waals surface area (Å²) in [5.74, 6) is -0.380. The largest absolute Gasteiger partial charge is 0.463 e. The van der Waals surface area contributed by atoms with Crippen LogP contribution in [0.5, 0.6) is 0 Å². The van der Waals surface area contributed by atoms with Gasteiger partial charge in [0, 0.05) is 6.92 Å². The summed E-state index contributed by atoms with van der Waals surface area (Å²) in [6.45, 7) is 1.62. The Labute approximate surface area is 148 Å². The van der Waals surface area contributed by atoms with Gasteiger partial charge in [0.25, 0.3) is 0 Å². The molecule has 1 aromatic rings. The quantitative estimate of drug-likeness (QED) is 0.763. The van der Waals surface area contributed by atoms with Crippen molar-refractivity contribution in [3.63, 3.8) is 0 Å². The van der Waals surface area contributed by atoms with Crippen molar-refractivity contribution in [1.29, 1.82) is 0 Å². The van der Waals surface area contributed by atoms with Crippen molar-refractivity contribution in [2.45, 2.75) is 45.3 Å².